The molecule has 1 aromatic heterocycles. The lowest BCUT2D eigenvalue weighted by Crippen LogP contribution is -2.36. The zero-order valence-corrected chi connectivity index (χ0v) is 25.1. The lowest BCUT2D eigenvalue weighted by atomic mass is 9.99. The van der Waals surface area contributed by atoms with E-state index in [1.54, 1.807) is 6.07 Å². The number of ketones is 1. The van der Waals surface area contributed by atoms with Crippen LogP contribution in [0, 0.1) is 0 Å². The molecule has 0 aliphatic rings. The molecule has 0 saturated heterocycles. The number of anilines is 1. The van der Waals surface area contributed by atoms with E-state index in [0.717, 1.165) is 63.2 Å². The van der Waals surface area contributed by atoms with Gasteiger partial charge in [-0.3, -0.25) is 9.59 Å². The summed E-state index contributed by atoms with van der Waals surface area (Å²) >= 11 is 0. The van der Waals surface area contributed by atoms with E-state index in [4.69, 9.17) is 9.52 Å². The number of Topliss-reactive ketones (excluding diaryl/α,β-unsaturated/α-hetero) is 1. The zero-order valence-electron chi connectivity index (χ0n) is 25.1. The summed E-state index contributed by atoms with van der Waals surface area (Å²) in [6.45, 7) is 7.80. The number of carboxylic acids is 1. The Labute approximate surface area is 240 Å². The Balaban J connectivity index is 1.96. The van der Waals surface area contributed by atoms with Crippen molar-refractivity contribution in [1.82, 2.24) is 5.32 Å². The number of carbonyl (C=O) groups is 2. The Morgan fingerprint density at radius 1 is 0.850 bits per heavy atom. The first-order valence-corrected chi connectivity index (χ1v) is 15.7. The van der Waals surface area contributed by atoms with Crippen molar-refractivity contribution in [1.29, 1.82) is 0 Å². The smallest absolute Gasteiger partial charge is 0.349 e. The standard InChI is InChI=1S/C33H52N2O5/c1-4-7-8-15-20-26(21-16-13-11-9-10-12-14-17-24-30(37)38)34-25-28(36)31-32(35(5-2)6-3)27-22-18-19-23-29(27)40-33(31)39/h18-19,22-23,26,34H,4-17,20-21,24-25H2,1-3H3,(H,37,38). The molecular weight excluding hydrogens is 504 g/mol. The van der Waals surface area contributed by atoms with Crippen LogP contribution in [0.25, 0.3) is 11.0 Å². The number of rotatable bonds is 23. The van der Waals surface area contributed by atoms with E-state index in [1.165, 1.54) is 32.1 Å². The van der Waals surface area contributed by atoms with E-state index in [9.17, 15) is 14.4 Å². The van der Waals surface area contributed by atoms with Gasteiger partial charge in [0.2, 0.25) is 0 Å². The molecule has 7 nitrogen and oxygen atoms in total. The molecule has 2 N–H and O–H groups in total. The molecule has 0 fully saturated rings. The Morgan fingerprint density at radius 3 is 2.02 bits per heavy atom. The van der Waals surface area contributed by atoms with E-state index >= 15 is 0 Å². The topological polar surface area (TPSA) is 99.8 Å². The van der Waals surface area contributed by atoms with Gasteiger partial charge in [-0.1, -0.05) is 89.7 Å². The summed E-state index contributed by atoms with van der Waals surface area (Å²) in [6, 6.07) is 7.70. The lowest BCUT2D eigenvalue weighted by Gasteiger charge is -2.25. The van der Waals surface area contributed by atoms with Crippen molar-refractivity contribution < 1.29 is 19.1 Å². The molecule has 1 atom stereocenters. The third-order valence-corrected chi connectivity index (χ3v) is 7.79. The quantitative estimate of drug-likeness (QED) is 0.0820. The fraction of sp³-hybridized carbons (Fsp3) is 0.667. The molecular formula is C33H52N2O5. The molecule has 0 spiro atoms. The second kappa shape index (κ2) is 19.4. The minimum absolute atomic E-state index is 0.131. The molecule has 0 bridgehead atoms. The summed E-state index contributed by atoms with van der Waals surface area (Å²) in [4.78, 5) is 39.2. The molecule has 224 valence electrons. The number of unbranched alkanes of at least 4 members (excludes halogenated alkanes) is 10. The zero-order chi connectivity index (χ0) is 29.2. The highest BCUT2D eigenvalue weighted by Gasteiger charge is 2.24. The number of nitrogens with one attached hydrogen (secondary N) is 1. The number of hydrogen-bond acceptors (Lipinski definition) is 6. The highest BCUT2D eigenvalue weighted by molar-refractivity contribution is 6.08. The van der Waals surface area contributed by atoms with E-state index in [1.807, 2.05) is 32.0 Å². The Kier molecular flexibility index (Phi) is 16.3. The largest absolute Gasteiger partial charge is 0.481 e. The van der Waals surface area contributed by atoms with Crippen molar-refractivity contribution in [2.24, 2.45) is 0 Å². The summed E-state index contributed by atoms with van der Waals surface area (Å²) in [5, 5.41) is 13.0. The maximum absolute atomic E-state index is 13.5. The van der Waals surface area contributed by atoms with E-state index in [2.05, 4.69) is 17.1 Å². The highest BCUT2D eigenvalue weighted by atomic mass is 16.4. The SMILES string of the molecule is CCCCCCC(CCCCCCCCCCC(=O)O)NCC(=O)c1c(N(CC)CC)c2ccccc2oc1=O. The molecule has 0 aliphatic heterocycles. The summed E-state index contributed by atoms with van der Waals surface area (Å²) < 4.78 is 5.58. The van der Waals surface area contributed by atoms with Gasteiger partial charge in [-0.2, -0.15) is 0 Å². The van der Waals surface area contributed by atoms with Crippen LogP contribution in [0.2, 0.25) is 0 Å². The summed E-state index contributed by atoms with van der Waals surface area (Å²) in [5.74, 6) is -0.910. The normalized spacial score (nSPS) is 12.1. The first-order valence-electron chi connectivity index (χ1n) is 15.7. The van der Waals surface area contributed by atoms with E-state index in [-0.39, 0.29) is 30.4 Å². The lowest BCUT2D eigenvalue weighted by molar-refractivity contribution is -0.137. The van der Waals surface area contributed by atoms with Crippen LogP contribution in [0.3, 0.4) is 0 Å². The molecule has 40 heavy (non-hydrogen) atoms. The molecule has 2 rings (SSSR count). The number of carbonyl (C=O) groups excluding carboxylic acids is 1. The van der Waals surface area contributed by atoms with Gasteiger partial charge in [0.05, 0.1) is 12.2 Å². The van der Waals surface area contributed by atoms with Crippen LogP contribution in [0.5, 0.6) is 0 Å². The molecule has 1 unspecified atom stereocenters. The van der Waals surface area contributed by atoms with Crippen molar-refractivity contribution >= 4 is 28.4 Å². The molecule has 0 radical (unpaired) electrons. The highest BCUT2D eigenvalue weighted by Crippen LogP contribution is 2.29. The molecule has 7 heteroatoms. The molecule has 2 aromatic rings. The van der Waals surface area contributed by atoms with Crippen molar-refractivity contribution in [3.05, 3.63) is 40.2 Å². The molecule has 0 saturated carbocycles. The van der Waals surface area contributed by atoms with Gasteiger partial charge < -0.3 is 19.7 Å². The third-order valence-electron chi connectivity index (χ3n) is 7.79. The minimum atomic E-state index is -0.704. The Hall–Kier alpha value is -2.67. The molecule has 0 amide bonds. The van der Waals surface area contributed by atoms with Gasteiger partial charge >= 0.3 is 11.6 Å². The van der Waals surface area contributed by atoms with Gasteiger partial charge in [-0.15, -0.1) is 0 Å². The molecule has 1 aromatic carbocycles. The van der Waals surface area contributed by atoms with Gasteiger partial charge in [0.25, 0.3) is 0 Å². The number of hydrogen-bond donors (Lipinski definition) is 2. The predicted molar refractivity (Wildman–Crippen MR) is 165 cm³/mol. The van der Waals surface area contributed by atoms with Crippen molar-refractivity contribution in [2.45, 2.75) is 123 Å². The van der Waals surface area contributed by atoms with E-state index in [0.29, 0.717) is 24.4 Å². The Bertz CT molecular complexity index is 1080. The first kappa shape index (κ1) is 33.5. The third kappa shape index (κ3) is 11.4. The summed E-state index contributed by atoms with van der Waals surface area (Å²) in [6.07, 6.45) is 15.8. The number of nitrogens with zero attached hydrogens (tertiary/aromatic N) is 1. The maximum Gasteiger partial charge on any atom is 0.349 e. The summed E-state index contributed by atoms with van der Waals surface area (Å²) in [5.41, 5.74) is 0.789. The Morgan fingerprint density at radius 2 is 1.43 bits per heavy atom. The van der Waals surface area contributed by atoms with Crippen molar-refractivity contribution in [2.75, 3.05) is 24.5 Å². The first-order chi connectivity index (χ1) is 19.4. The predicted octanol–water partition coefficient (Wildman–Crippen LogP) is 7.74. The van der Waals surface area contributed by atoms with Crippen molar-refractivity contribution in [3.8, 4) is 0 Å². The van der Waals surface area contributed by atoms with Gasteiger partial charge in [0, 0.05) is 30.9 Å². The fourth-order valence-electron chi connectivity index (χ4n) is 5.47. The average molecular weight is 557 g/mol. The number of para-hydroxylation sites is 1. The van der Waals surface area contributed by atoms with Crippen molar-refractivity contribution in [3.63, 3.8) is 0 Å². The van der Waals surface area contributed by atoms with Crippen LogP contribution in [-0.2, 0) is 4.79 Å². The van der Waals surface area contributed by atoms with Crippen LogP contribution in [-0.4, -0.2) is 42.5 Å². The number of fused-ring (bicyclic) bond motifs is 1. The number of aliphatic carboxylic acids is 1. The summed E-state index contributed by atoms with van der Waals surface area (Å²) in [7, 11) is 0. The molecule has 1 heterocycles. The average Bonchev–Trinajstić information content (AvgIpc) is 2.94. The van der Waals surface area contributed by atoms with Gasteiger partial charge in [-0.25, -0.2) is 4.79 Å². The van der Waals surface area contributed by atoms with E-state index < -0.39 is 11.6 Å². The minimum Gasteiger partial charge on any atom is -0.481 e. The second-order valence-electron chi connectivity index (χ2n) is 10.9. The van der Waals surface area contributed by atoms with Crippen LogP contribution < -0.4 is 15.8 Å². The van der Waals surface area contributed by atoms with Crippen LogP contribution >= 0.6 is 0 Å². The van der Waals surface area contributed by atoms with Crippen LogP contribution in [0.15, 0.2) is 33.5 Å². The monoisotopic (exact) mass is 556 g/mol. The van der Waals surface area contributed by atoms with Crippen LogP contribution in [0.1, 0.15) is 127 Å². The van der Waals surface area contributed by atoms with Gasteiger partial charge in [0.15, 0.2) is 5.78 Å². The molecule has 0 aliphatic carbocycles. The maximum atomic E-state index is 13.5. The fourth-order valence-corrected chi connectivity index (χ4v) is 5.47. The number of benzene rings is 1. The van der Waals surface area contributed by atoms with Gasteiger partial charge in [0.1, 0.15) is 11.1 Å². The van der Waals surface area contributed by atoms with Gasteiger partial charge in [-0.05, 0) is 45.2 Å². The van der Waals surface area contributed by atoms with Crippen LogP contribution in [0.4, 0.5) is 5.69 Å². The number of carboxylic acid groups (broad SMARTS) is 1. The second-order valence-corrected chi connectivity index (χ2v) is 10.9.